The minimum atomic E-state index is -1.14. The van der Waals surface area contributed by atoms with Gasteiger partial charge in [-0.3, -0.25) is 19.3 Å². The Morgan fingerprint density at radius 3 is 2.42 bits per heavy atom. The van der Waals surface area contributed by atoms with Gasteiger partial charge in [0.25, 0.3) is 0 Å². The van der Waals surface area contributed by atoms with Crippen LogP contribution in [0, 0.1) is 0 Å². The second kappa shape index (κ2) is 7.35. The van der Waals surface area contributed by atoms with Crippen molar-refractivity contribution >= 4 is 47.4 Å². The largest absolute Gasteiger partial charge is 0.468 e. The van der Waals surface area contributed by atoms with Crippen LogP contribution in [0.1, 0.15) is 6.92 Å². The van der Waals surface area contributed by atoms with Crippen LogP contribution in [-0.4, -0.2) is 49.8 Å². The predicted molar refractivity (Wildman–Crippen MR) is 86.8 cm³/mol. The van der Waals surface area contributed by atoms with Crippen molar-refractivity contribution in [2.24, 2.45) is 0 Å². The second-order valence-electron chi connectivity index (χ2n) is 4.91. The summed E-state index contributed by atoms with van der Waals surface area (Å²) in [5.74, 6) is -1.63. The first-order valence-electron chi connectivity index (χ1n) is 6.90. The van der Waals surface area contributed by atoms with Gasteiger partial charge < -0.3 is 14.8 Å². The number of carbonyl (C=O) groups is 4. The summed E-state index contributed by atoms with van der Waals surface area (Å²) in [5.41, 5.74) is 0.958. The van der Waals surface area contributed by atoms with E-state index in [1.165, 1.54) is 21.1 Å². The summed E-state index contributed by atoms with van der Waals surface area (Å²) in [4.78, 5) is 48.6. The van der Waals surface area contributed by atoms with Gasteiger partial charge in [-0.05, 0) is 18.2 Å². The average Bonchev–Trinajstić information content (AvgIpc) is 2.57. The van der Waals surface area contributed by atoms with Gasteiger partial charge in [0.2, 0.25) is 12.3 Å². The molecule has 0 spiro atoms. The lowest BCUT2D eigenvalue weighted by atomic mass is 10.1. The minimum absolute atomic E-state index is 0.250. The molecule has 1 heterocycles. The minimum Gasteiger partial charge on any atom is -0.468 e. The summed E-state index contributed by atoms with van der Waals surface area (Å²) in [6.45, 7) is 1.37. The van der Waals surface area contributed by atoms with E-state index in [4.69, 9.17) is 9.47 Å². The molecular weight excluding hydrogens is 336 g/mol. The van der Waals surface area contributed by atoms with Crippen molar-refractivity contribution in [3.05, 3.63) is 18.2 Å². The van der Waals surface area contributed by atoms with Gasteiger partial charge in [0.05, 0.1) is 19.9 Å². The number of hydrogen-bond donors (Lipinski definition) is 1. The van der Waals surface area contributed by atoms with E-state index in [1.807, 2.05) is 0 Å². The molecule has 0 bridgehead atoms. The topological polar surface area (TPSA) is 102 Å². The SMILES string of the molecule is COC(=O)[C@@H]1[C@H](C(=O)OC)Sc2cc(NC(C)=O)ccc2N1C=O. The Kier molecular flexibility index (Phi) is 5.45. The Hall–Kier alpha value is -2.55. The lowest BCUT2D eigenvalue weighted by molar-refractivity contribution is -0.148. The zero-order chi connectivity index (χ0) is 17.9. The van der Waals surface area contributed by atoms with Crippen molar-refractivity contribution in [3.8, 4) is 0 Å². The third kappa shape index (κ3) is 3.35. The Bertz CT molecular complexity index is 693. The molecular formula is C15H16N2O6S. The van der Waals surface area contributed by atoms with Crippen LogP contribution in [0.15, 0.2) is 23.1 Å². The Morgan fingerprint density at radius 2 is 1.88 bits per heavy atom. The molecule has 0 unspecified atom stereocenters. The van der Waals surface area contributed by atoms with Gasteiger partial charge in [-0.15, -0.1) is 11.8 Å². The van der Waals surface area contributed by atoms with E-state index in [2.05, 4.69) is 5.32 Å². The highest BCUT2D eigenvalue weighted by Gasteiger charge is 2.45. The van der Waals surface area contributed by atoms with Crippen LogP contribution in [0.4, 0.5) is 11.4 Å². The van der Waals surface area contributed by atoms with Crippen molar-refractivity contribution in [1.29, 1.82) is 0 Å². The van der Waals surface area contributed by atoms with Crippen LogP contribution < -0.4 is 10.2 Å². The normalized spacial score (nSPS) is 19.0. The van der Waals surface area contributed by atoms with E-state index >= 15 is 0 Å². The lowest BCUT2D eigenvalue weighted by Gasteiger charge is -2.36. The molecule has 2 amide bonds. The summed E-state index contributed by atoms with van der Waals surface area (Å²) >= 11 is 1.07. The fraction of sp³-hybridized carbons (Fsp3) is 0.333. The zero-order valence-corrected chi connectivity index (χ0v) is 14.1. The highest BCUT2D eigenvalue weighted by atomic mass is 32.2. The number of rotatable bonds is 4. The van der Waals surface area contributed by atoms with Gasteiger partial charge in [0, 0.05) is 17.5 Å². The summed E-state index contributed by atoms with van der Waals surface area (Å²) in [7, 11) is 2.38. The maximum Gasteiger partial charge on any atom is 0.330 e. The van der Waals surface area contributed by atoms with Crippen LogP contribution in [0.25, 0.3) is 0 Å². The van der Waals surface area contributed by atoms with Crippen molar-refractivity contribution in [3.63, 3.8) is 0 Å². The van der Waals surface area contributed by atoms with Crippen molar-refractivity contribution < 1.29 is 28.7 Å². The van der Waals surface area contributed by atoms with Crippen LogP contribution in [-0.2, 0) is 28.7 Å². The average molecular weight is 352 g/mol. The maximum atomic E-state index is 12.1. The monoisotopic (exact) mass is 352 g/mol. The first-order valence-corrected chi connectivity index (χ1v) is 7.78. The number of nitrogens with zero attached hydrogens (tertiary/aromatic N) is 1. The molecule has 1 aromatic rings. The quantitative estimate of drug-likeness (QED) is 0.631. The van der Waals surface area contributed by atoms with Gasteiger partial charge in [-0.25, -0.2) is 4.79 Å². The number of amides is 2. The molecule has 1 aliphatic rings. The number of fused-ring (bicyclic) bond motifs is 1. The molecule has 0 saturated carbocycles. The van der Waals surface area contributed by atoms with Gasteiger partial charge in [0.1, 0.15) is 5.25 Å². The number of thioether (sulfide) groups is 1. The van der Waals surface area contributed by atoms with E-state index in [1.54, 1.807) is 18.2 Å². The van der Waals surface area contributed by atoms with Crippen LogP contribution in [0.5, 0.6) is 0 Å². The van der Waals surface area contributed by atoms with Gasteiger partial charge >= 0.3 is 11.9 Å². The molecule has 1 N–H and O–H groups in total. The summed E-state index contributed by atoms with van der Waals surface area (Å²) < 4.78 is 9.46. The van der Waals surface area contributed by atoms with E-state index < -0.39 is 23.2 Å². The molecule has 0 aromatic heterocycles. The number of ether oxygens (including phenoxy) is 2. The van der Waals surface area contributed by atoms with E-state index in [0.717, 1.165) is 16.7 Å². The maximum absolute atomic E-state index is 12.1. The number of carbonyl (C=O) groups excluding carboxylic acids is 4. The lowest BCUT2D eigenvalue weighted by Crippen LogP contribution is -2.53. The van der Waals surface area contributed by atoms with Crippen molar-refractivity contribution in [2.45, 2.75) is 23.1 Å². The Labute approximate surface area is 142 Å². The molecule has 24 heavy (non-hydrogen) atoms. The van der Waals surface area contributed by atoms with E-state index in [9.17, 15) is 19.2 Å². The molecule has 9 heteroatoms. The summed E-state index contributed by atoms with van der Waals surface area (Å²) in [6.07, 6.45) is 0.466. The van der Waals surface area contributed by atoms with E-state index in [0.29, 0.717) is 22.7 Å². The molecule has 0 aliphatic carbocycles. The molecule has 1 aliphatic heterocycles. The molecule has 8 nitrogen and oxygen atoms in total. The van der Waals surface area contributed by atoms with Gasteiger partial charge in [0.15, 0.2) is 6.04 Å². The second-order valence-corrected chi connectivity index (χ2v) is 6.09. The third-order valence-corrected chi connectivity index (χ3v) is 4.67. The molecule has 0 saturated heterocycles. The van der Waals surface area contributed by atoms with Gasteiger partial charge in [-0.1, -0.05) is 0 Å². The third-order valence-electron chi connectivity index (χ3n) is 3.39. The number of benzene rings is 1. The highest BCUT2D eigenvalue weighted by Crippen LogP contribution is 2.43. The number of nitrogens with one attached hydrogen (secondary N) is 1. The molecule has 2 atom stereocenters. The molecule has 2 rings (SSSR count). The van der Waals surface area contributed by atoms with Crippen LogP contribution in [0.3, 0.4) is 0 Å². The number of methoxy groups -OCH3 is 2. The highest BCUT2D eigenvalue weighted by molar-refractivity contribution is 8.01. The fourth-order valence-corrected chi connectivity index (χ4v) is 3.70. The summed E-state index contributed by atoms with van der Waals surface area (Å²) in [6, 6.07) is 3.68. The van der Waals surface area contributed by atoms with Crippen LogP contribution >= 0.6 is 11.8 Å². The van der Waals surface area contributed by atoms with Crippen molar-refractivity contribution in [2.75, 3.05) is 24.4 Å². The van der Waals surface area contributed by atoms with Gasteiger partial charge in [-0.2, -0.15) is 0 Å². The molecule has 1 aromatic carbocycles. The Morgan fingerprint density at radius 1 is 1.21 bits per heavy atom. The predicted octanol–water partition coefficient (Wildman–Crippen LogP) is 0.797. The first kappa shape index (κ1) is 17.8. The zero-order valence-electron chi connectivity index (χ0n) is 13.3. The van der Waals surface area contributed by atoms with Crippen molar-refractivity contribution in [1.82, 2.24) is 0 Å². The standard InChI is InChI=1S/C15H16N2O6S/c1-8(19)16-9-4-5-10-11(6-9)24-13(15(21)23-3)12(14(20)22-2)17(10)7-18/h4-7,12-13H,1-3H3,(H,16,19)/t12-,13+/m0/s1. The molecule has 0 fully saturated rings. The first-order chi connectivity index (χ1) is 11.4. The molecule has 128 valence electrons. The molecule has 0 radical (unpaired) electrons. The fourth-order valence-electron chi connectivity index (χ4n) is 2.37. The smallest absolute Gasteiger partial charge is 0.330 e. The summed E-state index contributed by atoms with van der Waals surface area (Å²) in [5, 5.41) is 1.65. The number of esters is 2. The van der Waals surface area contributed by atoms with E-state index in [-0.39, 0.29) is 5.91 Å². The number of anilines is 2. The Balaban J connectivity index is 2.51. The number of hydrogen-bond acceptors (Lipinski definition) is 7. The van der Waals surface area contributed by atoms with Crippen LogP contribution in [0.2, 0.25) is 0 Å².